The molecule has 1 atom stereocenters. The molecule has 2 aromatic rings. The Morgan fingerprint density at radius 2 is 1.65 bits per heavy atom. The topological polar surface area (TPSA) is 49.4 Å². The molecule has 0 aromatic heterocycles. The molecule has 0 fully saturated rings. The molecule has 0 spiro atoms. The zero-order valence-corrected chi connectivity index (χ0v) is 16.3. The number of benzene rings is 2. The van der Waals surface area contributed by atoms with E-state index in [0.29, 0.717) is 28.6 Å². The summed E-state index contributed by atoms with van der Waals surface area (Å²) in [6.45, 7) is 2.22. The third kappa shape index (κ3) is 4.99. The van der Waals surface area contributed by atoms with E-state index in [-0.39, 0.29) is 18.2 Å². The van der Waals surface area contributed by atoms with E-state index >= 15 is 0 Å². The van der Waals surface area contributed by atoms with Crippen LogP contribution in [0.2, 0.25) is 10.0 Å². The van der Waals surface area contributed by atoms with Crippen LogP contribution >= 0.6 is 23.2 Å². The number of carbonyl (C=O) groups excluding carboxylic acids is 2. The van der Waals surface area contributed by atoms with Crippen molar-refractivity contribution in [2.45, 2.75) is 32.4 Å². The fourth-order valence-corrected chi connectivity index (χ4v) is 3.35. The molecule has 0 bridgehead atoms. The van der Waals surface area contributed by atoms with Crippen LogP contribution in [0.3, 0.4) is 0 Å². The van der Waals surface area contributed by atoms with Gasteiger partial charge in [-0.15, -0.1) is 0 Å². The molecule has 0 saturated carbocycles. The summed E-state index contributed by atoms with van der Waals surface area (Å²) in [4.78, 5) is 27.0. The largest absolute Gasteiger partial charge is 0.357 e. The van der Waals surface area contributed by atoms with Gasteiger partial charge in [-0.25, -0.2) is 0 Å². The maximum atomic E-state index is 13.1. The first-order chi connectivity index (χ1) is 12.5. The molecule has 0 unspecified atom stereocenters. The summed E-state index contributed by atoms with van der Waals surface area (Å²) in [7, 11) is 1.57. The second-order valence-electron chi connectivity index (χ2n) is 5.92. The van der Waals surface area contributed by atoms with E-state index in [9.17, 15) is 9.59 Å². The maximum Gasteiger partial charge on any atom is 0.242 e. The zero-order chi connectivity index (χ0) is 19.1. The van der Waals surface area contributed by atoms with Crippen LogP contribution in [0.4, 0.5) is 0 Å². The van der Waals surface area contributed by atoms with Crippen LogP contribution in [0.25, 0.3) is 0 Å². The van der Waals surface area contributed by atoms with Crippen LogP contribution < -0.4 is 5.32 Å². The minimum absolute atomic E-state index is 0.0405. The van der Waals surface area contributed by atoms with Gasteiger partial charge in [-0.3, -0.25) is 9.59 Å². The molecule has 26 heavy (non-hydrogen) atoms. The molecule has 2 aromatic carbocycles. The van der Waals surface area contributed by atoms with Crippen molar-refractivity contribution < 1.29 is 9.59 Å². The first-order valence-corrected chi connectivity index (χ1v) is 9.21. The molecule has 6 heteroatoms. The van der Waals surface area contributed by atoms with E-state index in [4.69, 9.17) is 23.2 Å². The number of halogens is 2. The Hall–Kier alpha value is -2.04. The minimum atomic E-state index is -0.561. The second kappa shape index (κ2) is 9.60. The van der Waals surface area contributed by atoms with Crippen molar-refractivity contribution in [3.63, 3.8) is 0 Å². The lowest BCUT2D eigenvalue weighted by atomic mass is 10.1. The highest BCUT2D eigenvalue weighted by molar-refractivity contribution is 6.36. The van der Waals surface area contributed by atoms with Gasteiger partial charge >= 0.3 is 0 Å². The number of hydrogen-bond donors (Lipinski definition) is 1. The molecule has 2 rings (SSSR count). The number of likely N-dealkylation sites (N-methyl/N-ethyl adjacent to an activating group) is 1. The molecule has 0 aliphatic heterocycles. The number of hydrogen-bond acceptors (Lipinski definition) is 2. The van der Waals surface area contributed by atoms with Crippen LogP contribution in [0, 0.1) is 0 Å². The molecular formula is C20H22Cl2N2O2. The summed E-state index contributed by atoms with van der Waals surface area (Å²) in [6.07, 6.45) is 0.549. The lowest BCUT2D eigenvalue weighted by molar-refractivity contribution is -0.140. The van der Waals surface area contributed by atoms with E-state index in [0.717, 1.165) is 5.56 Å². The third-order valence-electron chi connectivity index (χ3n) is 4.22. The number of rotatable bonds is 7. The lowest BCUT2D eigenvalue weighted by Gasteiger charge is -2.30. The van der Waals surface area contributed by atoms with Crippen LogP contribution in [-0.4, -0.2) is 29.8 Å². The molecule has 1 N–H and O–H groups in total. The quantitative estimate of drug-likeness (QED) is 0.771. The SMILES string of the molecule is CC[C@@H](C(=O)NC)N(Cc1ccccc1)C(=O)Cc1c(Cl)cccc1Cl. The predicted octanol–water partition coefficient (Wildman–Crippen LogP) is 4.09. The predicted molar refractivity (Wildman–Crippen MR) is 105 cm³/mol. The van der Waals surface area contributed by atoms with E-state index in [1.54, 1.807) is 30.1 Å². The Balaban J connectivity index is 2.32. The van der Waals surface area contributed by atoms with Crippen LogP contribution in [0.15, 0.2) is 48.5 Å². The summed E-state index contributed by atoms with van der Waals surface area (Å²) in [5.74, 6) is -0.388. The van der Waals surface area contributed by atoms with Gasteiger partial charge in [0.1, 0.15) is 6.04 Å². The second-order valence-corrected chi connectivity index (χ2v) is 6.74. The summed E-state index contributed by atoms with van der Waals surface area (Å²) in [5.41, 5.74) is 1.53. The average molecular weight is 393 g/mol. The Kier molecular flexibility index (Phi) is 7.49. The van der Waals surface area contributed by atoms with Gasteiger partial charge in [0.05, 0.1) is 6.42 Å². The number of nitrogens with one attached hydrogen (secondary N) is 1. The standard InChI is InChI=1S/C20H22Cl2N2O2/c1-3-18(20(26)23-2)24(13-14-8-5-4-6-9-14)19(25)12-15-16(21)10-7-11-17(15)22/h4-11,18H,3,12-13H2,1-2H3,(H,23,26)/t18-/m0/s1. The zero-order valence-electron chi connectivity index (χ0n) is 14.8. The molecule has 4 nitrogen and oxygen atoms in total. The molecular weight excluding hydrogens is 371 g/mol. The number of nitrogens with zero attached hydrogens (tertiary/aromatic N) is 1. The first-order valence-electron chi connectivity index (χ1n) is 8.45. The molecule has 138 valence electrons. The fraction of sp³-hybridized carbons (Fsp3) is 0.300. The van der Waals surface area contributed by atoms with Gasteiger partial charge in [0.15, 0.2) is 0 Å². The van der Waals surface area contributed by atoms with Crippen molar-refractivity contribution in [1.29, 1.82) is 0 Å². The molecule has 2 amide bonds. The maximum absolute atomic E-state index is 13.1. The van der Waals surface area contributed by atoms with Gasteiger partial charge in [0.2, 0.25) is 11.8 Å². The Morgan fingerprint density at radius 1 is 1.04 bits per heavy atom. The van der Waals surface area contributed by atoms with Crippen molar-refractivity contribution in [2.24, 2.45) is 0 Å². The van der Waals surface area contributed by atoms with Gasteiger partial charge in [0, 0.05) is 23.6 Å². The monoisotopic (exact) mass is 392 g/mol. The minimum Gasteiger partial charge on any atom is -0.357 e. The summed E-state index contributed by atoms with van der Waals surface area (Å²) in [5, 5.41) is 3.52. The smallest absolute Gasteiger partial charge is 0.242 e. The Morgan fingerprint density at radius 3 is 2.19 bits per heavy atom. The first kappa shape index (κ1) is 20.3. The Labute approximate surface area is 164 Å². The third-order valence-corrected chi connectivity index (χ3v) is 4.93. The highest BCUT2D eigenvalue weighted by atomic mass is 35.5. The van der Waals surface area contributed by atoms with Gasteiger partial charge in [-0.2, -0.15) is 0 Å². The van der Waals surface area contributed by atoms with Crippen molar-refractivity contribution in [2.75, 3.05) is 7.05 Å². The van der Waals surface area contributed by atoms with Crippen LogP contribution in [0.1, 0.15) is 24.5 Å². The normalized spacial score (nSPS) is 11.7. The van der Waals surface area contributed by atoms with E-state index in [2.05, 4.69) is 5.32 Å². The van der Waals surface area contributed by atoms with Gasteiger partial charge in [0.25, 0.3) is 0 Å². The van der Waals surface area contributed by atoms with Crippen LogP contribution in [-0.2, 0) is 22.6 Å². The van der Waals surface area contributed by atoms with Crippen LogP contribution in [0.5, 0.6) is 0 Å². The van der Waals surface area contributed by atoms with Gasteiger partial charge in [-0.1, -0.05) is 66.5 Å². The van der Waals surface area contributed by atoms with E-state index in [1.165, 1.54) is 0 Å². The number of amides is 2. The number of carbonyl (C=O) groups is 2. The summed E-state index contributed by atoms with van der Waals surface area (Å²) < 4.78 is 0. The van der Waals surface area contributed by atoms with Gasteiger partial charge < -0.3 is 10.2 Å². The average Bonchev–Trinajstić information content (AvgIpc) is 2.65. The van der Waals surface area contributed by atoms with E-state index < -0.39 is 6.04 Å². The summed E-state index contributed by atoms with van der Waals surface area (Å²) in [6, 6.07) is 14.2. The molecule has 0 saturated heterocycles. The Bertz CT molecular complexity index is 745. The highest BCUT2D eigenvalue weighted by Crippen LogP contribution is 2.26. The van der Waals surface area contributed by atoms with Crippen molar-refractivity contribution in [3.05, 3.63) is 69.7 Å². The lowest BCUT2D eigenvalue weighted by Crippen LogP contribution is -2.48. The van der Waals surface area contributed by atoms with Crippen molar-refractivity contribution in [3.8, 4) is 0 Å². The molecule has 0 aliphatic carbocycles. The van der Waals surface area contributed by atoms with Gasteiger partial charge in [-0.05, 0) is 29.7 Å². The molecule has 0 radical (unpaired) electrons. The van der Waals surface area contributed by atoms with E-state index in [1.807, 2.05) is 37.3 Å². The van der Waals surface area contributed by atoms with Crippen molar-refractivity contribution in [1.82, 2.24) is 10.2 Å². The summed E-state index contributed by atoms with van der Waals surface area (Å²) >= 11 is 12.4. The van der Waals surface area contributed by atoms with Crippen molar-refractivity contribution >= 4 is 35.0 Å². The highest BCUT2D eigenvalue weighted by Gasteiger charge is 2.28. The fourth-order valence-electron chi connectivity index (χ4n) is 2.82. The molecule has 0 heterocycles. The molecule has 0 aliphatic rings.